The molecule has 0 spiro atoms. The highest BCUT2D eigenvalue weighted by molar-refractivity contribution is 6.20. The van der Waals surface area contributed by atoms with E-state index in [-0.39, 0.29) is 0 Å². The van der Waals surface area contributed by atoms with E-state index < -0.39 is 5.41 Å². The smallest absolute Gasteiger partial charge is 0.159 e. The van der Waals surface area contributed by atoms with E-state index in [0.717, 1.165) is 133 Å². The maximum atomic E-state index is 11.0. The Balaban J connectivity index is 1.12. The van der Waals surface area contributed by atoms with Crippen molar-refractivity contribution in [1.82, 2.24) is 0 Å². The summed E-state index contributed by atoms with van der Waals surface area (Å²) in [6.07, 6.45) is 0. The third-order valence-electron chi connectivity index (χ3n) is 15.8. The zero-order valence-corrected chi connectivity index (χ0v) is 41.4. The van der Waals surface area contributed by atoms with E-state index in [0.29, 0.717) is 11.1 Å². The Morgan fingerprint density at radius 1 is 0.299 bits per heavy atom. The van der Waals surface area contributed by atoms with Gasteiger partial charge in [0.1, 0.15) is 23.3 Å². The van der Waals surface area contributed by atoms with Crippen LogP contribution >= 0.6 is 0 Å². The maximum absolute atomic E-state index is 11.0. The van der Waals surface area contributed by atoms with Crippen LogP contribution in [0.15, 0.2) is 264 Å². The monoisotopic (exact) mass is 982 g/mol. The number of para-hydroxylation sites is 6. The van der Waals surface area contributed by atoms with Crippen LogP contribution in [0, 0.1) is 22.7 Å². The average Bonchev–Trinajstić information content (AvgIpc) is 4.29. The van der Waals surface area contributed by atoms with Crippen molar-refractivity contribution in [3.8, 4) is 23.3 Å². The first-order valence-corrected chi connectivity index (χ1v) is 25.8. The van der Waals surface area contributed by atoms with Crippen molar-refractivity contribution in [2.24, 2.45) is 0 Å². The Morgan fingerprint density at radius 3 is 1.06 bits per heavy atom. The van der Waals surface area contributed by atoms with Crippen LogP contribution < -0.4 is 9.80 Å². The Morgan fingerprint density at radius 2 is 0.636 bits per heavy atom. The molecule has 14 aromatic rings. The minimum absolute atomic E-state index is 0.527. The Kier molecular flexibility index (Phi) is 9.81. The van der Waals surface area contributed by atoms with Gasteiger partial charge in [-0.25, -0.2) is 0 Å². The fraction of sp³-hybridized carbons (Fsp3) is 0.0141. The summed E-state index contributed by atoms with van der Waals surface area (Å²) < 4.78 is 13.8. The highest BCUT2D eigenvalue weighted by Crippen LogP contribution is 2.63. The van der Waals surface area contributed by atoms with Gasteiger partial charge in [0.2, 0.25) is 0 Å². The molecule has 2 aromatic heterocycles. The number of furan rings is 2. The van der Waals surface area contributed by atoms with E-state index in [1.54, 1.807) is 0 Å². The number of nitrogens with zero attached hydrogens (tertiary/aromatic N) is 4. The molecular formula is C71H42N4O2. The molecule has 77 heavy (non-hydrogen) atoms. The molecule has 1 aliphatic rings. The lowest BCUT2D eigenvalue weighted by atomic mass is 9.67. The molecule has 0 saturated heterocycles. The van der Waals surface area contributed by atoms with E-state index in [1.807, 2.05) is 84.9 Å². The first-order chi connectivity index (χ1) is 38.1. The minimum atomic E-state index is -0.942. The standard InChI is InChI=1S/C71H42N4O2/c72-43-45-21-7-15-35-59(45)74(61-37-19-33-55-51-29-13-17-39-65(51)76-69(55)61)63-41-57-67(53-31-11-9-27-49(53)63)68-54-32-12-10-28-50(54)64(42-58(68)71(57,47-23-3-1-4-24-47)48-25-5-2-6-26-48)75(60-36-16-8-22-46(60)44-73)62-38-20-34-56-52-30-14-18-40-66(52)77-70(56)62/h1-42H. The van der Waals surface area contributed by atoms with Gasteiger partial charge in [0.25, 0.3) is 0 Å². The van der Waals surface area contributed by atoms with Crippen molar-refractivity contribution >= 4 is 99.5 Å². The lowest BCUT2D eigenvalue weighted by molar-refractivity contribution is 0.668. The molecule has 6 nitrogen and oxygen atoms in total. The normalized spacial score (nSPS) is 12.5. The predicted octanol–water partition coefficient (Wildman–Crippen LogP) is 18.8. The first kappa shape index (κ1) is 43.9. The third-order valence-corrected chi connectivity index (χ3v) is 15.8. The Hall–Kier alpha value is -10.7. The number of benzene rings is 12. The fourth-order valence-corrected chi connectivity index (χ4v) is 12.6. The van der Waals surface area contributed by atoms with E-state index in [1.165, 1.54) is 0 Å². The van der Waals surface area contributed by atoms with Crippen LogP contribution in [0.1, 0.15) is 33.4 Å². The molecule has 0 unspecified atom stereocenters. The van der Waals surface area contributed by atoms with Gasteiger partial charge in [-0.15, -0.1) is 0 Å². The Bertz CT molecular complexity index is 4500. The van der Waals surface area contributed by atoms with Crippen LogP contribution in [0.2, 0.25) is 0 Å². The zero-order chi connectivity index (χ0) is 51.2. The summed E-state index contributed by atoms with van der Waals surface area (Å²) in [5, 5.41) is 30.1. The quantitative estimate of drug-likeness (QED) is 0.151. The topological polar surface area (TPSA) is 80.3 Å². The van der Waals surface area contributed by atoms with Gasteiger partial charge in [0, 0.05) is 32.3 Å². The molecule has 0 fully saturated rings. The summed E-state index contributed by atoms with van der Waals surface area (Å²) in [4.78, 5) is 4.49. The first-order valence-electron chi connectivity index (χ1n) is 25.8. The molecule has 0 amide bonds. The highest BCUT2D eigenvalue weighted by Gasteiger charge is 2.49. The highest BCUT2D eigenvalue weighted by atomic mass is 16.3. The van der Waals surface area contributed by atoms with Crippen molar-refractivity contribution in [1.29, 1.82) is 10.5 Å². The summed E-state index contributed by atoms with van der Waals surface area (Å²) in [6, 6.07) is 93.7. The van der Waals surface area contributed by atoms with Gasteiger partial charge in [0.15, 0.2) is 11.2 Å². The molecule has 358 valence electrons. The van der Waals surface area contributed by atoms with Crippen molar-refractivity contribution < 1.29 is 8.83 Å². The van der Waals surface area contributed by atoms with Crippen LogP contribution in [0.25, 0.3) is 76.5 Å². The summed E-state index contributed by atoms with van der Waals surface area (Å²) in [6.45, 7) is 0. The number of fused-ring (bicyclic) bond motifs is 13. The van der Waals surface area contributed by atoms with Gasteiger partial charge in [-0.1, -0.05) is 194 Å². The summed E-state index contributed by atoms with van der Waals surface area (Å²) in [7, 11) is 0. The molecule has 6 heteroatoms. The van der Waals surface area contributed by atoms with Crippen molar-refractivity contribution in [3.63, 3.8) is 0 Å². The number of hydrogen-bond acceptors (Lipinski definition) is 6. The van der Waals surface area contributed by atoms with Crippen LogP contribution in [-0.2, 0) is 5.41 Å². The van der Waals surface area contributed by atoms with Gasteiger partial charge >= 0.3 is 0 Å². The van der Waals surface area contributed by atoms with E-state index in [4.69, 9.17) is 8.83 Å². The number of hydrogen-bond donors (Lipinski definition) is 0. The van der Waals surface area contributed by atoms with Crippen LogP contribution in [0.5, 0.6) is 0 Å². The second-order valence-electron chi connectivity index (χ2n) is 19.6. The molecule has 0 bridgehead atoms. The van der Waals surface area contributed by atoms with Crippen molar-refractivity contribution in [3.05, 3.63) is 288 Å². The third kappa shape index (κ3) is 6.34. The summed E-state index contributed by atoms with van der Waals surface area (Å²) >= 11 is 0. The molecular weight excluding hydrogens is 941 g/mol. The molecule has 1 aliphatic carbocycles. The molecule has 0 saturated carbocycles. The number of rotatable bonds is 8. The summed E-state index contributed by atoms with van der Waals surface area (Å²) in [5.74, 6) is 0. The molecule has 2 heterocycles. The molecule has 0 atom stereocenters. The van der Waals surface area contributed by atoms with Crippen LogP contribution in [-0.4, -0.2) is 0 Å². The molecule has 0 N–H and O–H groups in total. The summed E-state index contributed by atoms with van der Waals surface area (Å²) in [5.41, 5.74) is 14.6. The van der Waals surface area contributed by atoms with E-state index in [2.05, 4.69) is 192 Å². The van der Waals surface area contributed by atoms with Gasteiger partial charge in [-0.2, -0.15) is 10.5 Å². The van der Waals surface area contributed by atoms with Gasteiger partial charge in [-0.3, -0.25) is 0 Å². The van der Waals surface area contributed by atoms with Gasteiger partial charge < -0.3 is 18.6 Å². The second kappa shape index (κ2) is 17.2. The Labute approximate surface area is 443 Å². The van der Waals surface area contributed by atoms with Crippen LogP contribution in [0.4, 0.5) is 34.1 Å². The molecule has 0 aliphatic heterocycles. The molecule has 12 aromatic carbocycles. The largest absolute Gasteiger partial charge is 0.454 e. The second-order valence-corrected chi connectivity index (χ2v) is 19.6. The molecule has 15 rings (SSSR count). The number of anilines is 6. The van der Waals surface area contributed by atoms with Crippen molar-refractivity contribution in [2.45, 2.75) is 5.41 Å². The van der Waals surface area contributed by atoms with E-state index in [9.17, 15) is 10.5 Å². The van der Waals surface area contributed by atoms with Gasteiger partial charge in [-0.05, 0) is 105 Å². The zero-order valence-electron chi connectivity index (χ0n) is 41.4. The average molecular weight is 983 g/mol. The lowest BCUT2D eigenvalue weighted by Gasteiger charge is -2.36. The minimum Gasteiger partial charge on any atom is -0.454 e. The number of nitriles is 2. The van der Waals surface area contributed by atoms with Crippen molar-refractivity contribution in [2.75, 3.05) is 9.80 Å². The lowest BCUT2D eigenvalue weighted by Crippen LogP contribution is -2.29. The van der Waals surface area contributed by atoms with Gasteiger partial charge in [0.05, 0.1) is 50.7 Å². The van der Waals surface area contributed by atoms with Crippen LogP contribution in [0.3, 0.4) is 0 Å². The fourth-order valence-electron chi connectivity index (χ4n) is 12.6. The molecule has 0 radical (unpaired) electrons. The maximum Gasteiger partial charge on any atom is 0.159 e. The SMILES string of the molecule is N#Cc1ccccc1N(c1cc2c(c3ccccc13)-c1c(cc(N(c3ccccc3C#N)c3cccc4c3oc3ccccc34)c3ccccc13)C2(c1ccccc1)c1ccccc1)c1cccc2c1oc1ccccc12. The predicted molar refractivity (Wildman–Crippen MR) is 312 cm³/mol. The van der Waals surface area contributed by atoms with E-state index >= 15 is 0 Å².